The van der Waals surface area contributed by atoms with E-state index in [0.717, 1.165) is 0 Å². The minimum Gasteiger partial charge on any atom is -0.444 e. The van der Waals surface area contributed by atoms with Crippen LogP contribution in [-0.4, -0.2) is 44.2 Å². The highest BCUT2D eigenvalue weighted by molar-refractivity contribution is 9.10. The molecule has 0 N–H and O–H groups in total. The van der Waals surface area contributed by atoms with Gasteiger partial charge in [-0.3, -0.25) is 0 Å². The Labute approximate surface area is 191 Å². The van der Waals surface area contributed by atoms with E-state index in [1.165, 1.54) is 0 Å². The SMILES string of the molecule is CC(C)(C)OC(=O)N1CCC(n2cnc3c(Cl)nc4c(F)c(Br)c(Cl)cc4c32)CC1. The maximum absolute atomic E-state index is 14.8. The van der Waals surface area contributed by atoms with Crippen molar-refractivity contribution in [3.63, 3.8) is 0 Å². The molecule has 1 saturated heterocycles. The van der Waals surface area contributed by atoms with Crippen molar-refractivity contribution in [2.75, 3.05) is 13.1 Å². The first-order chi connectivity index (χ1) is 14.1. The maximum atomic E-state index is 14.8. The quantitative estimate of drug-likeness (QED) is 0.278. The van der Waals surface area contributed by atoms with Crippen LogP contribution in [0.25, 0.3) is 21.9 Å². The smallest absolute Gasteiger partial charge is 0.410 e. The molecule has 0 atom stereocenters. The van der Waals surface area contributed by atoms with E-state index in [-0.39, 0.29) is 32.3 Å². The van der Waals surface area contributed by atoms with Gasteiger partial charge in [0, 0.05) is 24.5 Å². The Balaban J connectivity index is 1.69. The Bertz CT molecular complexity index is 1150. The molecule has 1 amide bonds. The van der Waals surface area contributed by atoms with Crippen LogP contribution >= 0.6 is 39.1 Å². The lowest BCUT2D eigenvalue weighted by Gasteiger charge is -2.34. The third-order valence-corrected chi connectivity index (χ3v) is 6.67. The van der Waals surface area contributed by atoms with Crippen molar-refractivity contribution >= 4 is 67.2 Å². The minimum absolute atomic E-state index is 0.0702. The molecule has 0 radical (unpaired) electrons. The van der Waals surface area contributed by atoms with Crippen LogP contribution in [0, 0.1) is 5.82 Å². The number of benzene rings is 1. The molecular weight excluding hydrogens is 498 g/mol. The van der Waals surface area contributed by atoms with E-state index in [1.807, 2.05) is 25.3 Å². The Kier molecular flexibility index (Phi) is 5.61. The number of carbonyl (C=O) groups excluding carboxylic acids is 1. The minimum atomic E-state index is -0.561. The maximum Gasteiger partial charge on any atom is 0.410 e. The van der Waals surface area contributed by atoms with E-state index in [0.29, 0.717) is 42.4 Å². The number of ether oxygens (including phenoxy) is 1. The summed E-state index contributed by atoms with van der Waals surface area (Å²) in [5.74, 6) is -0.561. The number of pyridine rings is 1. The van der Waals surface area contributed by atoms with Gasteiger partial charge in [0.25, 0.3) is 0 Å². The van der Waals surface area contributed by atoms with Crippen molar-refractivity contribution in [2.24, 2.45) is 0 Å². The summed E-state index contributed by atoms with van der Waals surface area (Å²) >= 11 is 15.7. The highest BCUT2D eigenvalue weighted by Gasteiger charge is 2.29. The number of amides is 1. The first kappa shape index (κ1) is 21.6. The van der Waals surface area contributed by atoms with Crippen molar-refractivity contribution < 1.29 is 13.9 Å². The predicted octanol–water partition coefficient (Wildman–Crippen LogP) is 6.36. The molecule has 1 aromatic carbocycles. The number of nitrogens with zero attached hydrogens (tertiary/aromatic N) is 4. The van der Waals surface area contributed by atoms with Crippen LogP contribution in [-0.2, 0) is 4.74 Å². The standard InChI is InChI=1S/C20H20BrCl2FN4O2/c1-20(2,3)30-19(29)27-6-4-10(5-7-27)28-9-25-16-17(28)11-8-12(22)13(21)14(24)15(11)26-18(16)23/h8-10H,4-7H2,1-3H3. The average Bonchev–Trinajstić information content (AvgIpc) is 3.12. The molecule has 1 aliphatic rings. The third-order valence-electron chi connectivity index (χ3n) is 5.10. The summed E-state index contributed by atoms with van der Waals surface area (Å²) in [5.41, 5.74) is 0.789. The number of fused-ring (bicyclic) bond motifs is 3. The van der Waals surface area contributed by atoms with Crippen LogP contribution in [0.2, 0.25) is 10.2 Å². The molecule has 3 heterocycles. The zero-order chi connectivity index (χ0) is 21.8. The van der Waals surface area contributed by atoms with Crippen LogP contribution in [0.15, 0.2) is 16.9 Å². The number of imidazole rings is 1. The van der Waals surface area contributed by atoms with Crippen molar-refractivity contribution in [3.05, 3.63) is 32.9 Å². The lowest BCUT2D eigenvalue weighted by atomic mass is 10.0. The van der Waals surface area contributed by atoms with Gasteiger partial charge in [0.2, 0.25) is 0 Å². The summed E-state index contributed by atoms with van der Waals surface area (Å²) in [5, 5.41) is 0.931. The van der Waals surface area contributed by atoms with E-state index in [2.05, 4.69) is 25.9 Å². The van der Waals surface area contributed by atoms with Crippen LogP contribution in [0.5, 0.6) is 0 Å². The van der Waals surface area contributed by atoms with Crippen LogP contribution in [0.4, 0.5) is 9.18 Å². The molecular formula is C20H20BrCl2FN4O2. The van der Waals surface area contributed by atoms with E-state index >= 15 is 0 Å². The Morgan fingerprint density at radius 1 is 1.27 bits per heavy atom. The molecule has 0 unspecified atom stereocenters. The van der Waals surface area contributed by atoms with Crippen molar-refractivity contribution in [1.82, 2.24) is 19.4 Å². The van der Waals surface area contributed by atoms with Crippen LogP contribution in [0.1, 0.15) is 39.7 Å². The van der Waals surface area contributed by atoms with Gasteiger partial charge in [-0.1, -0.05) is 23.2 Å². The van der Waals surface area contributed by atoms with Gasteiger partial charge in [-0.15, -0.1) is 0 Å². The molecule has 1 aliphatic heterocycles. The summed E-state index contributed by atoms with van der Waals surface area (Å²) in [6.07, 6.45) is 2.80. The molecule has 2 aromatic heterocycles. The number of rotatable bonds is 1. The first-order valence-electron chi connectivity index (χ1n) is 9.54. The average molecular weight is 518 g/mol. The molecule has 1 fully saturated rings. The molecule has 6 nitrogen and oxygen atoms in total. The zero-order valence-corrected chi connectivity index (χ0v) is 19.8. The number of halogens is 4. The fraction of sp³-hybridized carbons (Fsp3) is 0.450. The van der Waals surface area contributed by atoms with Gasteiger partial charge in [-0.25, -0.2) is 19.2 Å². The fourth-order valence-electron chi connectivity index (χ4n) is 3.74. The molecule has 10 heteroatoms. The van der Waals surface area contributed by atoms with Gasteiger partial charge in [0.05, 0.1) is 21.3 Å². The van der Waals surface area contributed by atoms with E-state index in [9.17, 15) is 9.18 Å². The molecule has 4 rings (SSSR count). The number of aromatic nitrogens is 3. The second-order valence-corrected chi connectivity index (χ2v) is 9.89. The molecule has 0 aliphatic carbocycles. The highest BCUT2D eigenvalue weighted by Crippen LogP contribution is 2.38. The first-order valence-corrected chi connectivity index (χ1v) is 11.1. The van der Waals surface area contributed by atoms with Crippen molar-refractivity contribution in [1.29, 1.82) is 0 Å². The second-order valence-electron chi connectivity index (χ2n) is 8.33. The summed E-state index contributed by atoms with van der Waals surface area (Å²) < 4.78 is 22.4. The molecule has 0 spiro atoms. The molecule has 0 bridgehead atoms. The number of carbonyl (C=O) groups is 1. The van der Waals surface area contributed by atoms with Gasteiger partial charge in [-0.2, -0.15) is 0 Å². The fourth-order valence-corrected chi connectivity index (χ4v) is 4.45. The van der Waals surface area contributed by atoms with Crippen molar-refractivity contribution in [2.45, 2.75) is 45.3 Å². The van der Waals surface area contributed by atoms with E-state index in [4.69, 9.17) is 27.9 Å². The monoisotopic (exact) mass is 516 g/mol. The summed E-state index contributed by atoms with van der Waals surface area (Å²) in [6, 6.07) is 1.74. The van der Waals surface area contributed by atoms with Crippen LogP contribution < -0.4 is 0 Å². The van der Waals surface area contributed by atoms with Gasteiger partial charge in [-0.05, 0) is 55.6 Å². The van der Waals surface area contributed by atoms with Crippen molar-refractivity contribution in [3.8, 4) is 0 Å². The van der Waals surface area contributed by atoms with Gasteiger partial charge in [0.1, 0.15) is 16.6 Å². The van der Waals surface area contributed by atoms with Gasteiger partial charge >= 0.3 is 6.09 Å². The van der Waals surface area contributed by atoms with E-state index < -0.39 is 11.4 Å². The second kappa shape index (κ2) is 7.80. The largest absolute Gasteiger partial charge is 0.444 e. The van der Waals surface area contributed by atoms with E-state index in [1.54, 1.807) is 17.3 Å². The summed E-state index contributed by atoms with van der Waals surface area (Å²) in [7, 11) is 0. The lowest BCUT2D eigenvalue weighted by molar-refractivity contribution is 0.0189. The Morgan fingerprint density at radius 2 is 1.93 bits per heavy atom. The predicted molar refractivity (Wildman–Crippen MR) is 119 cm³/mol. The number of piperidine rings is 1. The third kappa shape index (κ3) is 3.85. The molecule has 160 valence electrons. The van der Waals surface area contributed by atoms with Gasteiger partial charge < -0.3 is 14.2 Å². The molecule has 30 heavy (non-hydrogen) atoms. The normalized spacial score (nSPS) is 15.9. The highest BCUT2D eigenvalue weighted by atomic mass is 79.9. The number of hydrogen-bond acceptors (Lipinski definition) is 4. The number of likely N-dealkylation sites (tertiary alicyclic amines) is 1. The summed E-state index contributed by atoms with van der Waals surface area (Å²) in [6.45, 7) is 6.65. The van der Waals surface area contributed by atoms with Gasteiger partial charge in [0.15, 0.2) is 11.0 Å². The summed E-state index contributed by atoms with van der Waals surface area (Å²) in [4.78, 5) is 22.7. The Hall–Kier alpha value is -1.64. The van der Waals surface area contributed by atoms with Crippen LogP contribution in [0.3, 0.4) is 0 Å². The lowest BCUT2D eigenvalue weighted by Crippen LogP contribution is -2.42. The number of hydrogen-bond donors (Lipinski definition) is 0. The molecule has 3 aromatic rings. The molecule has 0 saturated carbocycles. The Morgan fingerprint density at radius 3 is 2.57 bits per heavy atom. The topological polar surface area (TPSA) is 60.2 Å². The zero-order valence-electron chi connectivity index (χ0n) is 16.7.